The van der Waals surface area contributed by atoms with Crippen LogP contribution in [-0.2, 0) is 33.3 Å². The molecule has 234 valence electrons. The number of nitrogens with zero attached hydrogens (tertiary/aromatic N) is 1. The van der Waals surface area contributed by atoms with Crippen molar-refractivity contribution in [3.8, 4) is 0 Å². The molecule has 0 amide bonds. The number of aliphatic imine (C=N–C) groups is 1. The summed E-state index contributed by atoms with van der Waals surface area (Å²) in [4.78, 5) is 30.1. The van der Waals surface area contributed by atoms with Crippen LogP contribution in [-0.4, -0.2) is 104 Å². The third-order valence-electron chi connectivity index (χ3n) is 13.3. The van der Waals surface area contributed by atoms with Crippen LogP contribution in [0.3, 0.4) is 0 Å². The van der Waals surface area contributed by atoms with Gasteiger partial charge in [-0.15, -0.1) is 11.8 Å². The molecule has 3 saturated heterocycles. The van der Waals surface area contributed by atoms with Gasteiger partial charge < -0.3 is 39.0 Å². The number of thioether (sulfide) groups is 1. The molecule has 0 radical (unpaired) electrons. The predicted molar refractivity (Wildman–Crippen MR) is 150 cm³/mol. The lowest BCUT2D eigenvalue weighted by Gasteiger charge is -2.65. The number of cyclic esters (lactones) is 1. The molecular weight excluding hydrogens is 578 g/mol. The molecule has 2 unspecified atom stereocenters. The second-order valence-electron chi connectivity index (χ2n) is 15.0. The zero-order chi connectivity index (χ0) is 29.9. The van der Waals surface area contributed by atoms with Gasteiger partial charge in [0.05, 0.1) is 29.8 Å². The van der Waals surface area contributed by atoms with Crippen molar-refractivity contribution >= 4 is 29.7 Å². The molecule has 9 rings (SSSR count). The number of aliphatic hydroxyl groups excluding tert-OH is 1. The van der Waals surface area contributed by atoms with Crippen LogP contribution in [0.15, 0.2) is 16.6 Å². The van der Waals surface area contributed by atoms with Crippen molar-refractivity contribution in [2.45, 2.75) is 118 Å². The van der Waals surface area contributed by atoms with E-state index in [1.165, 1.54) is 17.8 Å². The summed E-state index contributed by atoms with van der Waals surface area (Å²) in [5.41, 5.74) is -3.91. The molecule has 0 aromatic carbocycles. The number of fused-ring (bicyclic) bond motifs is 6. The van der Waals surface area contributed by atoms with E-state index >= 15 is 0 Å². The van der Waals surface area contributed by atoms with E-state index in [2.05, 4.69) is 6.92 Å². The van der Waals surface area contributed by atoms with E-state index in [1.807, 2.05) is 6.92 Å². The second kappa shape index (κ2) is 8.31. The topological polar surface area (TPSA) is 157 Å². The smallest absolute Gasteiger partial charge is 0.331 e. The number of hydrogen-bond donors (Lipinski definition) is 3. The molecular formula is C31H39NO10S. The van der Waals surface area contributed by atoms with Crippen molar-refractivity contribution in [3.05, 3.63) is 11.6 Å². The lowest BCUT2D eigenvalue weighted by Crippen LogP contribution is -2.77. The summed E-state index contributed by atoms with van der Waals surface area (Å²) in [5.74, 6) is -3.06. The Labute approximate surface area is 253 Å². The van der Waals surface area contributed by atoms with Crippen LogP contribution in [0, 0.1) is 28.6 Å². The van der Waals surface area contributed by atoms with E-state index in [4.69, 9.17) is 28.7 Å². The minimum atomic E-state index is -1.79. The Morgan fingerprint density at radius 3 is 2.60 bits per heavy atom. The maximum Gasteiger partial charge on any atom is 0.331 e. The number of esters is 1. The summed E-state index contributed by atoms with van der Waals surface area (Å²) in [6, 6.07) is 0. The minimum Gasteiger partial charge on any atom is -0.458 e. The molecule has 2 spiro atoms. The molecule has 5 heterocycles. The van der Waals surface area contributed by atoms with Gasteiger partial charge in [0.2, 0.25) is 6.29 Å². The third-order valence-corrected chi connectivity index (χ3v) is 14.6. The van der Waals surface area contributed by atoms with Crippen molar-refractivity contribution in [2.24, 2.45) is 33.6 Å². The van der Waals surface area contributed by atoms with E-state index in [-0.39, 0.29) is 30.8 Å². The molecule has 15 atom stereocenters. The monoisotopic (exact) mass is 617 g/mol. The van der Waals surface area contributed by atoms with Crippen molar-refractivity contribution in [3.63, 3.8) is 0 Å². The second-order valence-corrected chi connectivity index (χ2v) is 16.3. The summed E-state index contributed by atoms with van der Waals surface area (Å²) < 4.78 is 31.0. The summed E-state index contributed by atoms with van der Waals surface area (Å²) in [6.45, 7) is 5.87. The first-order chi connectivity index (χ1) is 20.3. The van der Waals surface area contributed by atoms with Gasteiger partial charge >= 0.3 is 5.97 Å². The highest BCUT2D eigenvalue weighted by Gasteiger charge is 2.89. The molecule has 11 nitrogen and oxygen atoms in total. The summed E-state index contributed by atoms with van der Waals surface area (Å²) in [7, 11) is 0. The van der Waals surface area contributed by atoms with E-state index in [0.717, 1.165) is 0 Å². The van der Waals surface area contributed by atoms with Gasteiger partial charge in [0.1, 0.15) is 23.9 Å². The summed E-state index contributed by atoms with van der Waals surface area (Å²) >= 11 is 1.53. The quantitative estimate of drug-likeness (QED) is 0.221. The molecule has 5 aliphatic heterocycles. The molecule has 3 N–H and O–H groups in total. The lowest BCUT2D eigenvalue weighted by molar-refractivity contribution is -0.446. The average molecular weight is 618 g/mol. The fourth-order valence-corrected chi connectivity index (χ4v) is 12.6. The highest BCUT2D eigenvalue weighted by molar-refractivity contribution is 8.01. The van der Waals surface area contributed by atoms with E-state index in [1.54, 1.807) is 13.1 Å². The molecule has 0 aromatic rings. The maximum absolute atomic E-state index is 14.4. The van der Waals surface area contributed by atoms with Crippen LogP contribution in [0.5, 0.6) is 0 Å². The number of ketones is 1. The summed E-state index contributed by atoms with van der Waals surface area (Å²) in [6.07, 6.45) is 2.48. The van der Waals surface area contributed by atoms with Crippen LogP contribution in [0.1, 0.15) is 59.3 Å². The first-order valence-corrected chi connectivity index (χ1v) is 16.7. The normalized spacial score (nSPS) is 61.2. The van der Waals surface area contributed by atoms with Gasteiger partial charge in [-0.2, -0.15) is 0 Å². The number of aliphatic hydroxyl groups is 3. The fraction of sp³-hybridized carbons (Fsp3) is 0.839. The van der Waals surface area contributed by atoms with Gasteiger partial charge in [-0.3, -0.25) is 9.79 Å². The zero-order valence-electron chi connectivity index (χ0n) is 24.6. The van der Waals surface area contributed by atoms with E-state index in [9.17, 15) is 24.9 Å². The lowest BCUT2D eigenvalue weighted by atomic mass is 9.41. The van der Waals surface area contributed by atoms with Crippen molar-refractivity contribution < 1.29 is 48.6 Å². The number of ether oxygens (including phenoxy) is 5. The fourth-order valence-electron chi connectivity index (χ4n) is 11.3. The van der Waals surface area contributed by atoms with Gasteiger partial charge in [-0.1, -0.05) is 6.92 Å². The Morgan fingerprint density at radius 2 is 1.88 bits per heavy atom. The predicted octanol–water partition coefficient (Wildman–Crippen LogP) is 1.26. The first-order valence-electron chi connectivity index (χ1n) is 15.7. The van der Waals surface area contributed by atoms with Gasteiger partial charge in [-0.05, 0) is 68.8 Å². The minimum absolute atomic E-state index is 0.0270. The molecule has 0 aromatic heterocycles. The van der Waals surface area contributed by atoms with E-state index < -0.39 is 74.8 Å². The van der Waals surface area contributed by atoms with Crippen molar-refractivity contribution in [1.29, 1.82) is 0 Å². The SMILES string of the molecule is C[C@@H]1CC2(N=CCS2)[C@]2(O)O[C@@H]3C[C@@]4(C)[C@@H](C[C@@H]5OC56[C@@H]4[C@H](O)C(=O)[C@]4(C)[C@@H](C5=CC(=O)OC5)CC[C@]64O)C[C@H]3O[C@@H]2O1. The number of hydrogen-bond acceptors (Lipinski definition) is 12. The highest BCUT2D eigenvalue weighted by atomic mass is 32.2. The number of rotatable bonds is 1. The van der Waals surface area contributed by atoms with Crippen molar-refractivity contribution in [1.82, 2.24) is 0 Å². The van der Waals surface area contributed by atoms with Crippen LogP contribution in [0.4, 0.5) is 0 Å². The first kappa shape index (κ1) is 27.9. The van der Waals surface area contributed by atoms with Gasteiger partial charge in [0.15, 0.2) is 10.7 Å². The van der Waals surface area contributed by atoms with E-state index in [0.29, 0.717) is 49.9 Å². The Kier molecular flexibility index (Phi) is 5.39. The Hall–Kier alpha value is -1.38. The van der Waals surface area contributed by atoms with Crippen LogP contribution >= 0.6 is 11.8 Å². The largest absolute Gasteiger partial charge is 0.458 e. The maximum atomic E-state index is 14.4. The Bertz CT molecular complexity index is 1390. The van der Waals surface area contributed by atoms with Crippen molar-refractivity contribution in [2.75, 3.05) is 12.4 Å². The average Bonchev–Trinajstić information content (AvgIpc) is 3.21. The molecule has 7 fully saturated rings. The number of carbonyl (C=O) groups is 2. The standard InChI is InChI=1S/C31H39NO10S/c1-14-11-29(32-6-7-43-29)31(37)25(39-14)40-18-9-16-10-20-30(42-20)23(26(16,2)12-19(18)41-31)22(34)24(35)27(3)17(4-5-28(27,30)36)15-8-21(33)38-13-15/h6,8,14,16-20,22-23,25,34,36-37H,4-5,7,9-13H2,1-3H3/t14-,16-,17-,18-,19-,20+,22+,23-,25+,26+,27+,28-,29?,30?,31-/m1/s1. The molecule has 9 aliphatic rings. The summed E-state index contributed by atoms with van der Waals surface area (Å²) in [5, 5.41) is 36.8. The number of carbonyl (C=O) groups excluding carboxylic acids is 2. The Balaban J connectivity index is 1.08. The van der Waals surface area contributed by atoms with Gasteiger partial charge in [0, 0.05) is 30.4 Å². The Morgan fingerprint density at radius 1 is 1.07 bits per heavy atom. The highest BCUT2D eigenvalue weighted by Crippen LogP contribution is 2.77. The third kappa shape index (κ3) is 3.02. The van der Waals surface area contributed by atoms with Crippen LogP contribution in [0.2, 0.25) is 0 Å². The molecule has 4 saturated carbocycles. The molecule has 0 bridgehead atoms. The van der Waals surface area contributed by atoms with Gasteiger partial charge in [-0.25, -0.2) is 4.79 Å². The number of epoxide rings is 1. The molecule has 43 heavy (non-hydrogen) atoms. The zero-order valence-corrected chi connectivity index (χ0v) is 25.4. The van der Waals surface area contributed by atoms with Crippen LogP contribution < -0.4 is 0 Å². The van der Waals surface area contributed by atoms with Crippen LogP contribution in [0.25, 0.3) is 0 Å². The molecule has 12 heteroatoms. The molecule has 4 aliphatic carbocycles. The number of Topliss-reactive ketones (excluding diaryl/α,β-unsaturated/α-hetero) is 1. The van der Waals surface area contributed by atoms with Gasteiger partial charge in [0.25, 0.3) is 5.79 Å².